The standard InChI is InChI=1S/C25H36O4/c1-6-15(2)21(26)29-20-10-11-23(4)18(24(20,5)22(27)28)9-12-25-13-16(3)17(14-25)7-8-19(23)25/h6,17-20H,3,7-14H2,1-2,4-5H3,(H,27,28). The van der Waals surface area contributed by atoms with Crippen LogP contribution in [0.2, 0.25) is 0 Å². The minimum Gasteiger partial charge on any atom is -0.481 e. The highest BCUT2D eigenvalue weighted by molar-refractivity contribution is 5.88. The Morgan fingerprint density at radius 3 is 2.52 bits per heavy atom. The maximum Gasteiger partial charge on any atom is 0.333 e. The summed E-state index contributed by atoms with van der Waals surface area (Å²) in [6, 6.07) is 0. The number of esters is 1. The van der Waals surface area contributed by atoms with Gasteiger partial charge in [0.05, 0.1) is 0 Å². The molecule has 1 spiro atoms. The molecule has 0 radical (unpaired) electrons. The Morgan fingerprint density at radius 2 is 1.86 bits per heavy atom. The van der Waals surface area contributed by atoms with Gasteiger partial charge in [0.25, 0.3) is 0 Å². The average molecular weight is 401 g/mol. The van der Waals surface area contributed by atoms with Gasteiger partial charge in [-0.2, -0.15) is 0 Å². The number of carboxylic acid groups (broad SMARTS) is 1. The van der Waals surface area contributed by atoms with Crippen LogP contribution in [-0.4, -0.2) is 23.1 Å². The number of carboxylic acids is 1. The average Bonchev–Trinajstić information content (AvgIpc) is 2.91. The third-order valence-corrected chi connectivity index (χ3v) is 9.68. The summed E-state index contributed by atoms with van der Waals surface area (Å²) < 4.78 is 5.83. The van der Waals surface area contributed by atoms with Crippen LogP contribution in [0.1, 0.15) is 79.1 Å². The summed E-state index contributed by atoms with van der Waals surface area (Å²) in [5.74, 6) is 0.0690. The molecule has 0 aliphatic heterocycles. The highest BCUT2D eigenvalue weighted by Gasteiger charge is 2.67. The largest absolute Gasteiger partial charge is 0.481 e. The van der Waals surface area contributed by atoms with E-state index in [1.165, 1.54) is 24.8 Å². The lowest BCUT2D eigenvalue weighted by Crippen LogP contribution is -2.63. The molecule has 29 heavy (non-hydrogen) atoms. The van der Waals surface area contributed by atoms with Crippen molar-refractivity contribution in [1.82, 2.24) is 0 Å². The van der Waals surface area contributed by atoms with E-state index in [9.17, 15) is 14.7 Å². The zero-order valence-electron chi connectivity index (χ0n) is 18.4. The Bertz CT molecular complexity index is 782. The number of hydrogen-bond acceptors (Lipinski definition) is 3. The van der Waals surface area contributed by atoms with Gasteiger partial charge in [-0.25, -0.2) is 4.79 Å². The first-order valence-electron chi connectivity index (χ1n) is 11.3. The van der Waals surface area contributed by atoms with Gasteiger partial charge in [-0.3, -0.25) is 4.79 Å². The van der Waals surface area contributed by atoms with Gasteiger partial charge in [0, 0.05) is 5.57 Å². The van der Waals surface area contributed by atoms with Crippen molar-refractivity contribution in [3.8, 4) is 0 Å². The molecule has 2 bridgehead atoms. The van der Waals surface area contributed by atoms with E-state index < -0.39 is 17.5 Å². The fourth-order valence-electron chi connectivity index (χ4n) is 8.06. The quantitative estimate of drug-likeness (QED) is 0.384. The lowest BCUT2D eigenvalue weighted by Gasteiger charge is -2.64. The summed E-state index contributed by atoms with van der Waals surface area (Å²) in [6.07, 6.45) is 9.51. The van der Waals surface area contributed by atoms with Crippen molar-refractivity contribution in [2.45, 2.75) is 85.2 Å². The zero-order chi connectivity index (χ0) is 21.2. The fourth-order valence-corrected chi connectivity index (χ4v) is 8.06. The Labute approximate surface area is 174 Å². The van der Waals surface area contributed by atoms with Crippen molar-refractivity contribution in [3.63, 3.8) is 0 Å². The Kier molecular flexibility index (Phi) is 4.79. The molecule has 0 heterocycles. The lowest BCUT2D eigenvalue weighted by molar-refractivity contribution is -0.211. The van der Waals surface area contributed by atoms with Gasteiger partial charge < -0.3 is 9.84 Å². The lowest BCUT2D eigenvalue weighted by atomic mass is 9.40. The third-order valence-electron chi connectivity index (χ3n) is 9.68. The van der Waals surface area contributed by atoms with Crippen LogP contribution < -0.4 is 0 Å². The molecule has 4 saturated carbocycles. The first-order valence-corrected chi connectivity index (χ1v) is 11.3. The maximum absolute atomic E-state index is 12.7. The van der Waals surface area contributed by atoms with Gasteiger partial charge in [-0.05, 0) is 101 Å². The molecule has 7 unspecified atom stereocenters. The number of rotatable bonds is 3. The molecule has 4 aliphatic rings. The van der Waals surface area contributed by atoms with Crippen LogP contribution >= 0.6 is 0 Å². The predicted molar refractivity (Wildman–Crippen MR) is 112 cm³/mol. The molecule has 0 amide bonds. The van der Waals surface area contributed by atoms with Crippen molar-refractivity contribution in [2.24, 2.45) is 34.0 Å². The minimum absolute atomic E-state index is 0.0144. The van der Waals surface area contributed by atoms with Crippen LogP contribution in [0.5, 0.6) is 0 Å². The van der Waals surface area contributed by atoms with Crippen LogP contribution in [0.15, 0.2) is 23.8 Å². The number of allylic oxidation sites excluding steroid dienone is 2. The van der Waals surface area contributed by atoms with Gasteiger partial charge in [0.1, 0.15) is 11.5 Å². The summed E-state index contributed by atoms with van der Waals surface area (Å²) in [5.41, 5.74) is 1.25. The molecular formula is C25H36O4. The monoisotopic (exact) mass is 400 g/mol. The normalized spacial score (nSPS) is 46.6. The SMILES string of the molecule is C=C1CC23CCC4C(C)(CCC(OC(=O)C(C)=CC)C4(C)C(=O)O)C2CCC1C3. The second-order valence-corrected chi connectivity index (χ2v) is 10.8. The van der Waals surface area contributed by atoms with E-state index in [0.717, 1.165) is 25.7 Å². The van der Waals surface area contributed by atoms with Crippen molar-refractivity contribution in [2.75, 3.05) is 0 Å². The summed E-state index contributed by atoms with van der Waals surface area (Å²) >= 11 is 0. The highest BCUT2D eigenvalue weighted by atomic mass is 16.5. The second kappa shape index (κ2) is 6.72. The Balaban J connectivity index is 1.68. The topological polar surface area (TPSA) is 63.6 Å². The number of carbonyl (C=O) groups is 2. The molecule has 4 nitrogen and oxygen atoms in total. The Morgan fingerprint density at radius 1 is 1.14 bits per heavy atom. The predicted octanol–water partition coefficient (Wildman–Crippen LogP) is 5.53. The van der Waals surface area contributed by atoms with Crippen molar-refractivity contribution >= 4 is 11.9 Å². The molecular weight excluding hydrogens is 364 g/mol. The summed E-state index contributed by atoms with van der Waals surface area (Å²) in [7, 11) is 0. The smallest absolute Gasteiger partial charge is 0.333 e. The van der Waals surface area contributed by atoms with Crippen molar-refractivity contribution in [3.05, 3.63) is 23.8 Å². The van der Waals surface area contributed by atoms with Crippen molar-refractivity contribution < 1.29 is 19.4 Å². The molecule has 4 heteroatoms. The number of hydrogen-bond donors (Lipinski definition) is 1. The number of carbonyl (C=O) groups excluding carboxylic acids is 1. The molecule has 1 N–H and O–H groups in total. The van der Waals surface area contributed by atoms with Crippen LogP contribution in [-0.2, 0) is 14.3 Å². The second-order valence-electron chi connectivity index (χ2n) is 10.8. The Hall–Kier alpha value is -1.58. The molecule has 0 saturated heterocycles. The molecule has 4 aliphatic carbocycles. The van der Waals surface area contributed by atoms with E-state index in [-0.39, 0.29) is 17.3 Å². The van der Waals surface area contributed by atoms with E-state index in [2.05, 4.69) is 13.5 Å². The van der Waals surface area contributed by atoms with Gasteiger partial charge >= 0.3 is 11.9 Å². The summed E-state index contributed by atoms with van der Waals surface area (Å²) in [5, 5.41) is 10.4. The minimum atomic E-state index is -1.04. The molecule has 160 valence electrons. The van der Waals surface area contributed by atoms with Crippen LogP contribution in [0.3, 0.4) is 0 Å². The molecule has 0 aromatic carbocycles. The fraction of sp³-hybridized carbons (Fsp3) is 0.760. The van der Waals surface area contributed by atoms with Gasteiger partial charge in [-0.15, -0.1) is 0 Å². The molecule has 0 aromatic heterocycles. The molecule has 0 aromatic rings. The van der Waals surface area contributed by atoms with Crippen LogP contribution in [0, 0.1) is 34.0 Å². The first kappa shape index (κ1) is 20.7. The summed E-state index contributed by atoms with van der Waals surface area (Å²) in [6.45, 7) is 12.1. The number of ether oxygens (including phenoxy) is 1. The first-order chi connectivity index (χ1) is 13.6. The third kappa shape index (κ3) is 2.77. The van der Waals surface area contributed by atoms with E-state index >= 15 is 0 Å². The van der Waals surface area contributed by atoms with Crippen molar-refractivity contribution in [1.29, 1.82) is 0 Å². The van der Waals surface area contributed by atoms with E-state index in [1.54, 1.807) is 19.9 Å². The van der Waals surface area contributed by atoms with E-state index in [4.69, 9.17) is 4.74 Å². The van der Waals surface area contributed by atoms with Gasteiger partial charge in [0.15, 0.2) is 0 Å². The number of aliphatic carboxylic acids is 1. The van der Waals surface area contributed by atoms with Crippen LogP contribution in [0.4, 0.5) is 0 Å². The maximum atomic E-state index is 12.7. The molecule has 4 fully saturated rings. The van der Waals surface area contributed by atoms with E-state index in [1.807, 2.05) is 6.92 Å². The van der Waals surface area contributed by atoms with Gasteiger partial charge in [-0.1, -0.05) is 25.2 Å². The molecule has 7 atom stereocenters. The summed E-state index contributed by atoms with van der Waals surface area (Å²) in [4.78, 5) is 25.1. The number of fused-ring (bicyclic) bond motifs is 3. The van der Waals surface area contributed by atoms with Gasteiger partial charge in [0.2, 0.25) is 0 Å². The zero-order valence-corrected chi connectivity index (χ0v) is 18.4. The highest BCUT2D eigenvalue weighted by Crippen LogP contribution is 2.72. The van der Waals surface area contributed by atoms with Crippen LogP contribution in [0.25, 0.3) is 0 Å². The van der Waals surface area contributed by atoms with E-state index in [0.29, 0.717) is 29.2 Å². The molecule has 4 rings (SSSR count).